The van der Waals surface area contributed by atoms with Crippen LogP contribution in [0.25, 0.3) is 5.82 Å². The van der Waals surface area contributed by atoms with Gasteiger partial charge in [-0.1, -0.05) is 0 Å². The van der Waals surface area contributed by atoms with Gasteiger partial charge < -0.3 is 10.2 Å². The first-order valence-corrected chi connectivity index (χ1v) is 5.90. The molecule has 0 bridgehead atoms. The van der Waals surface area contributed by atoms with Crippen molar-refractivity contribution in [2.45, 2.75) is 0 Å². The summed E-state index contributed by atoms with van der Waals surface area (Å²) in [7, 11) is 4.70. The van der Waals surface area contributed by atoms with E-state index in [1.165, 1.54) is 35.2 Å². The number of nitrogens with one attached hydrogen (secondary N) is 1. The van der Waals surface area contributed by atoms with Crippen molar-refractivity contribution in [1.29, 1.82) is 0 Å². The molecule has 21 heavy (non-hydrogen) atoms. The van der Waals surface area contributed by atoms with Crippen LogP contribution < -0.4 is 5.32 Å². The Kier molecular flexibility index (Phi) is 3.78. The molecular weight excluding hydrogens is 278 g/mol. The van der Waals surface area contributed by atoms with E-state index in [1.54, 1.807) is 14.1 Å². The third-order valence-electron chi connectivity index (χ3n) is 2.65. The number of anilines is 1. The van der Waals surface area contributed by atoms with Gasteiger partial charge in [-0.2, -0.15) is 5.10 Å². The molecule has 0 aliphatic rings. The number of nitro groups is 1. The quantitative estimate of drug-likeness (QED) is 0.636. The van der Waals surface area contributed by atoms with E-state index in [2.05, 4.69) is 20.4 Å². The summed E-state index contributed by atoms with van der Waals surface area (Å²) in [4.78, 5) is 31.4. The van der Waals surface area contributed by atoms with Crippen LogP contribution in [0.2, 0.25) is 0 Å². The van der Waals surface area contributed by atoms with Crippen LogP contribution in [-0.2, 0) is 0 Å². The molecule has 0 fully saturated rings. The number of amides is 1. The monoisotopic (exact) mass is 291 g/mol. The van der Waals surface area contributed by atoms with E-state index in [-0.39, 0.29) is 28.9 Å². The van der Waals surface area contributed by atoms with E-state index in [9.17, 15) is 14.9 Å². The molecule has 0 saturated carbocycles. The van der Waals surface area contributed by atoms with Crippen molar-refractivity contribution in [2.24, 2.45) is 0 Å². The minimum absolute atomic E-state index is 0.0165. The third kappa shape index (κ3) is 2.63. The first-order valence-electron chi connectivity index (χ1n) is 5.90. The van der Waals surface area contributed by atoms with Gasteiger partial charge in [-0.15, -0.1) is 0 Å². The summed E-state index contributed by atoms with van der Waals surface area (Å²) in [6.45, 7) is 0. The summed E-state index contributed by atoms with van der Waals surface area (Å²) in [5, 5.41) is 17.8. The van der Waals surface area contributed by atoms with Gasteiger partial charge in [-0.25, -0.2) is 14.6 Å². The van der Waals surface area contributed by atoms with Crippen molar-refractivity contribution in [3.63, 3.8) is 0 Å². The van der Waals surface area contributed by atoms with Crippen LogP contribution in [0.4, 0.5) is 11.5 Å². The Morgan fingerprint density at radius 1 is 1.43 bits per heavy atom. The zero-order chi connectivity index (χ0) is 15.6. The minimum atomic E-state index is -0.601. The molecule has 0 radical (unpaired) electrons. The fourth-order valence-electron chi connectivity index (χ4n) is 1.67. The van der Waals surface area contributed by atoms with Crippen LogP contribution >= 0.6 is 0 Å². The van der Waals surface area contributed by atoms with Crippen molar-refractivity contribution in [1.82, 2.24) is 24.6 Å². The van der Waals surface area contributed by atoms with Gasteiger partial charge in [0.15, 0.2) is 5.69 Å². The largest absolute Gasteiger partial charge is 0.367 e. The Hall–Kier alpha value is -3.04. The topological polar surface area (TPSA) is 119 Å². The molecule has 110 valence electrons. The van der Waals surface area contributed by atoms with Crippen molar-refractivity contribution in [3.8, 4) is 5.82 Å². The second-order valence-corrected chi connectivity index (χ2v) is 4.25. The van der Waals surface area contributed by atoms with E-state index in [4.69, 9.17) is 0 Å². The Balaban J connectivity index is 2.53. The summed E-state index contributed by atoms with van der Waals surface area (Å²) >= 11 is 0. The fourth-order valence-corrected chi connectivity index (χ4v) is 1.67. The lowest BCUT2D eigenvalue weighted by molar-refractivity contribution is -0.384. The molecule has 0 atom stereocenters. The summed E-state index contributed by atoms with van der Waals surface area (Å²) < 4.78 is 1.18. The van der Waals surface area contributed by atoms with Crippen molar-refractivity contribution < 1.29 is 9.72 Å². The highest BCUT2D eigenvalue weighted by Gasteiger charge is 2.24. The SMILES string of the molecule is CNc1ncnc(-n2ccc(C(=O)N(C)C)n2)c1[N+](=O)[O-]. The zero-order valence-electron chi connectivity index (χ0n) is 11.6. The highest BCUT2D eigenvalue weighted by Crippen LogP contribution is 2.26. The smallest absolute Gasteiger partial charge is 0.355 e. The molecule has 0 saturated heterocycles. The van der Waals surface area contributed by atoms with E-state index in [1.807, 2.05) is 0 Å². The first-order chi connectivity index (χ1) is 9.95. The lowest BCUT2D eigenvalue weighted by Crippen LogP contribution is -2.22. The van der Waals surface area contributed by atoms with Gasteiger partial charge in [0.2, 0.25) is 11.6 Å². The maximum absolute atomic E-state index is 11.8. The van der Waals surface area contributed by atoms with Gasteiger partial charge >= 0.3 is 5.69 Å². The number of rotatable bonds is 4. The average molecular weight is 291 g/mol. The molecule has 2 heterocycles. The Morgan fingerprint density at radius 3 is 2.71 bits per heavy atom. The molecule has 2 rings (SSSR count). The minimum Gasteiger partial charge on any atom is -0.367 e. The predicted octanol–water partition coefficient (Wildman–Crippen LogP) is 0.314. The van der Waals surface area contributed by atoms with Gasteiger partial charge in [0.1, 0.15) is 6.33 Å². The molecule has 2 aromatic heterocycles. The van der Waals surface area contributed by atoms with Gasteiger partial charge in [0.05, 0.1) is 4.92 Å². The van der Waals surface area contributed by atoms with Crippen molar-refractivity contribution in [2.75, 3.05) is 26.5 Å². The number of aromatic nitrogens is 4. The second kappa shape index (κ2) is 5.53. The number of hydrogen-bond donors (Lipinski definition) is 1. The van der Waals surface area contributed by atoms with Crippen LogP contribution in [0.3, 0.4) is 0 Å². The van der Waals surface area contributed by atoms with E-state index in [0.29, 0.717) is 0 Å². The molecule has 2 aromatic rings. The molecule has 10 heteroatoms. The number of hydrogen-bond acceptors (Lipinski definition) is 7. The average Bonchev–Trinajstić information content (AvgIpc) is 2.94. The Morgan fingerprint density at radius 2 is 2.14 bits per heavy atom. The molecule has 0 aromatic carbocycles. The molecule has 1 amide bonds. The van der Waals surface area contributed by atoms with Gasteiger partial charge in [0, 0.05) is 27.3 Å². The number of carbonyl (C=O) groups is 1. The molecule has 0 aliphatic heterocycles. The standard InChI is InChI=1S/C11H13N7O3/c1-12-9-8(18(20)21)10(14-6-13-9)17-5-4-7(15-17)11(19)16(2)3/h4-6H,1-3H3,(H,12,13,14). The molecular formula is C11H13N7O3. The Bertz CT molecular complexity index is 695. The van der Waals surface area contributed by atoms with Crippen LogP contribution in [-0.4, -0.2) is 56.6 Å². The van der Waals surface area contributed by atoms with Crippen LogP contribution in [0.1, 0.15) is 10.5 Å². The maximum Gasteiger partial charge on any atom is 0.355 e. The molecule has 0 spiro atoms. The molecule has 10 nitrogen and oxygen atoms in total. The summed E-state index contributed by atoms with van der Waals surface area (Å²) in [6, 6.07) is 1.47. The highest BCUT2D eigenvalue weighted by atomic mass is 16.6. The lowest BCUT2D eigenvalue weighted by Gasteiger charge is -2.07. The number of nitrogens with zero attached hydrogens (tertiary/aromatic N) is 6. The summed E-state index contributed by atoms with van der Waals surface area (Å²) in [5.41, 5.74) is -0.147. The Labute approximate surface area is 119 Å². The second-order valence-electron chi connectivity index (χ2n) is 4.25. The predicted molar refractivity (Wildman–Crippen MR) is 73.4 cm³/mol. The van der Waals surface area contributed by atoms with E-state index in [0.717, 1.165) is 0 Å². The van der Waals surface area contributed by atoms with E-state index >= 15 is 0 Å². The fraction of sp³-hybridized carbons (Fsp3) is 0.273. The normalized spacial score (nSPS) is 10.2. The first kappa shape index (κ1) is 14.4. The zero-order valence-corrected chi connectivity index (χ0v) is 11.6. The van der Waals surface area contributed by atoms with Crippen molar-refractivity contribution >= 4 is 17.4 Å². The van der Waals surface area contributed by atoms with Crippen LogP contribution in [0.5, 0.6) is 0 Å². The van der Waals surface area contributed by atoms with E-state index < -0.39 is 4.92 Å². The molecule has 0 aliphatic carbocycles. The summed E-state index contributed by atoms with van der Waals surface area (Å²) in [5.74, 6) is -0.252. The molecule has 1 N–H and O–H groups in total. The third-order valence-corrected chi connectivity index (χ3v) is 2.65. The van der Waals surface area contributed by atoms with Crippen molar-refractivity contribution in [3.05, 3.63) is 34.4 Å². The van der Waals surface area contributed by atoms with Crippen LogP contribution in [0.15, 0.2) is 18.6 Å². The molecule has 0 unspecified atom stereocenters. The maximum atomic E-state index is 11.8. The van der Waals surface area contributed by atoms with Gasteiger partial charge in [-0.3, -0.25) is 14.9 Å². The summed E-state index contributed by atoms with van der Waals surface area (Å²) in [6.07, 6.45) is 2.62. The van der Waals surface area contributed by atoms with Gasteiger partial charge in [0.25, 0.3) is 5.91 Å². The van der Waals surface area contributed by atoms with Gasteiger partial charge in [-0.05, 0) is 6.07 Å². The lowest BCUT2D eigenvalue weighted by atomic mass is 10.4. The highest BCUT2D eigenvalue weighted by molar-refractivity contribution is 5.91. The number of carbonyl (C=O) groups excluding carboxylic acids is 1. The van der Waals surface area contributed by atoms with Crippen LogP contribution in [0, 0.1) is 10.1 Å².